The van der Waals surface area contributed by atoms with Crippen molar-refractivity contribution in [2.24, 2.45) is 0 Å². The van der Waals surface area contributed by atoms with Crippen LogP contribution in [-0.4, -0.2) is 64.8 Å². The van der Waals surface area contributed by atoms with Crippen LogP contribution in [0.5, 0.6) is 17.2 Å². The molecule has 0 saturated heterocycles. The lowest BCUT2D eigenvalue weighted by Gasteiger charge is -2.17. The number of anilines is 6. The van der Waals surface area contributed by atoms with Gasteiger partial charge in [-0.2, -0.15) is 4.98 Å². The molecule has 538 valence electrons. The van der Waals surface area contributed by atoms with E-state index in [1.807, 2.05) is 204 Å². The van der Waals surface area contributed by atoms with E-state index in [1.54, 1.807) is 88.2 Å². The molecule has 0 fully saturated rings. The van der Waals surface area contributed by atoms with Crippen molar-refractivity contribution < 1.29 is 33.4 Å². The molecule has 0 saturated carbocycles. The number of ketones is 1. The first-order valence-corrected chi connectivity index (χ1v) is 34.6. The molecule has 0 aliphatic carbocycles. The van der Waals surface area contributed by atoms with Gasteiger partial charge in [-0.05, 0) is 188 Å². The van der Waals surface area contributed by atoms with E-state index >= 15 is 0 Å². The van der Waals surface area contributed by atoms with Gasteiger partial charge < -0.3 is 46.9 Å². The predicted octanol–water partition coefficient (Wildman–Crippen LogP) is 19.4. The van der Waals surface area contributed by atoms with Crippen LogP contribution >= 0.6 is 0 Å². The summed E-state index contributed by atoms with van der Waals surface area (Å²) in [6.07, 6.45) is 2.16. The minimum Gasteiger partial charge on any atom is -0.497 e. The highest BCUT2D eigenvalue weighted by Crippen LogP contribution is 2.41. The molecule has 0 bridgehead atoms. The summed E-state index contributed by atoms with van der Waals surface area (Å²) in [6, 6.07) is 87.9. The molecule has 10 aromatic carbocycles. The number of nitrogens with one attached hydrogen (secondary N) is 4. The summed E-state index contributed by atoms with van der Waals surface area (Å²) in [7, 11) is 4.87. The minimum atomic E-state index is -0.282. The zero-order valence-electron chi connectivity index (χ0n) is 61.4. The topological polar surface area (TPSA) is 248 Å². The number of methoxy groups -OCH3 is 3. The summed E-state index contributed by atoms with van der Waals surface area (Å²) in [5.74, 6) is 2.85. The van der Waals surface area contributed by atoms with Crippen molar-refractivity contribution in [1.29, 1.82) is 0 Å². The Morgan fingerprint density at radius 2 is 0.879 bits per heavy atom. The van der Waals surface area contributed by atoms with Crippen LogP contribution < -0.4 is 46.9 Å². The second-order valence-electron chi connectivity index (χ2n) is 24.3. The van der Waals surface area contributed by atoms with E-state index in [2.05, 4.69) is 103 Å². The standard InChI is InChI=1S/C28H29N5O2.C20H18N4O2.C20H17NO.C20H16O2.C2H6/c1-17-8-10-20(11-9-17)18(2)32-23-7-5-6-21(15-23)24-13-19(14-25(34-3)26(24)35-4)12-22-16-31-28(30)33-27(22)29;1-13-5-3-7-17(21-13)23-19(25)15-9-11-16(12-10-15)20(26)24-18-8-4-6-14(2)22-18;1-15-10-12-17(13-11-15)20(22)21-19-9-5-8-18(14-19)16-6-3-2-4-7-16;1-22-17-13-11-16(12-14-17)20(21)19-10-6-5-9-18(19)15-7-3-2-4-8-15;1-2/h5-11,13-16,32H,2,12H2,1,3-4H3,(H4,29,30,31,33);3-12H,1-2H3,(H,21,23,25)(H,22,24,26);2-14H,1H3,(H,21,22);2-14H,1H3;1-2H3. The first-order chi connectivity index (χ1) is 51.9. The summed E-state index contributed by atoms with van der Waals surface area (Å²) >= 11 is 0. The normalized spacial score (nSPS) is 10.2. The molecule has 0 aliphatic rings. The second kappa shape index (κ2) is 38.5. The number of nitrogens with zero attached hydrogens (tertiary/aromatic N) is 4. The fourth-order valence-electron chi connectivity index (χ4n) is 11.0. The van der Waals surface area contributed by atoms with E-state index in [0.29, 0.717) is 63.2 Å². The summed E-state index contributed by atoms with van der Waals surface area (Å²) in [6.45, 7) is 16.0. The highest BCUT2D eigenvalue weighted by molar-refractivity contribution is 6.13. The van der Waals surface area contributed by atoms with Crippen molar-refractivity contribution in [3.8, 4) is 50.6 Å². The van der Waals surface area contributed by atoms with Crippen LogP contribution in [0.15, 0.2) is 292 Å². The van der Waals surface area contributed by atoms with Gasteiger partial charge in [-0.1, -0.05) is 189 Å². The molecule has 3 amide bonds. The van der Waals surface area contributed by atoms with Crippen molar-refractivity contribution >= 4 is 64.0 Å². The van der Waals surface area contributed by atoms with Crippen molar-refractivity contribution in [1.82, 2.24) is 19.9 Å². The van der Waals surface area contributed by atoms with E-state index < -0.39 is 0 Å². The highest BCUT2D eigenvalue weighted by Gasteiger charge is 2.19. The molecule has 8 N–H and O–H groups in total. The van der Waals surface area contributed by atoms with Gasteiger partial charge in [-0.15, -0.1) is 0 Å². The van der Waals surface area contributed by atoms with Gasteiger partial charge in [-0.25, -0.2) is 15.0 Å². The van der Waals surface area contributed by atoms with E-state index in [1.165, 1.54) is 5.56 Å². The number of amides is 3. The van der Waals surface area contributed by atoms with Gasteiger partial charge in [0, 0.05) is 80.0 Å². The lowest BCUT2D eigenvalue weighted by Crippen LogP contribution is -2.15. The molecule has 0 spiro atoms. The molecule has 0 radical (unpaired) electrons. The predicted molar refractivity (Wildman–Crippen MR) is 433 cm³/mol. The molecule has 0 unspecified atom stereocenters. The first kappa shape index (κ1) is 77.4. The molecular formula is C90H86N10O7. The fraction of sp³-hybridized carbons (Fsp3) is 0.111. The molecule has 0 aliphatic heterocycles. The highest BCUT2D eigenvalue weighted by atomic mass is 16.5. The molecule has 107 heavy (non-hydrogen) atoms. The summed E-state index contributed by atoms with van der Waals surface area (Å²) in [4.78, 5) is 66.2. The average molecular weight is 1420 g/mol. The lowest BCUT2D eigenvalue weighted by atomic mass is 9.94. The van der Waals surface area contributed by atoms with Gasteiger partial charge in [-0.3, -0.25) is 19.2 Å². The quantitative estimate of drug-likeness (QED) is 0.0412. The van der Waals surface area contributed by atoms with Gasteiger partial charge in [0.1, 0.15) is 23.2 Å². The maximum atomic E-state index is 12.8. The number of nitrogens with two attached hydrogens (primary N) is 2. The van der Waals surface area contributed by atoms with Crippen LogP contribution in [0.3, 0.4) is 0 Å². The number of nitrogen functional groups attached to an aromatic ring is 2. The van der Waals surface area contributed by atoms with Crippen LogP contribution in [0.2, 0.25) is 0 Å². The van der Waals surface area contributed by atoms with Gasteiger partial charge in [0.2, 0.25) is 5.95 Å². The maximum absolute atomic E-state index is 12.8. The second-order valence-corrected chi connectivity index (χ2v) is 24.3. The largest absolute Gasteiger partial charge is 0.497 e. The van der Waals surface area contributed by atoms with Crippen LogP contribution in [0.25, 0.3) is 39.1 Å². The Hall–Kier alpha value is -13.8. The smallest absolute Gasteiger partial charge is 0.256 e. The van der Waals surface area contributed by atoms with Gasteiger partial charge in [0.05, 0.1) is 21.3 Å². The third kappa shape index (κ3) is 22.1. The van der Waals surface area contributed by atoms with E-state index in [9.17, 15) is 19.2 Å². The third-order valence-corrected chi connectivity index (χ3v) is 16.5. The number of carbonyl (C=O) groups excluding carboxylic acids is 4. The minimum absolute atomic E-state index is 0.0158. The van der Waals surface area contributed by atoms with Gasteiger partial charge in [0.25, 0.3) is 17.7 Å². The lowest BCUT2D eigenvalue weighted by molar-refractivity contribution is 0.101. The monoisotopic (exact) mass is 1420 g/mol. The van der Waals surface area contributed by atoms with Crippen LogP contribution in [0, 0.1) is 27.7 Å². The Labute approximate surface area is 625 Å². The average Bonchev–Trinajstić information content (AvgIpc) is 0.802. The van der Waals surface area contributed by atoms with Gasteiger partial charge >= 0.3 is 0 Å². The van der Waals surface area contributed by atoms with E-state index in [-0.39, 0.29) is 29.5 Å². The van der Waals surface area contributed by atoms with Crippen molar-refractivity contribution in [3.63, 3.8) is 0 Å². The molecule has 13 aromatic rings. The number of rotatable bonds is 19. The number of ether oxygens (including phenoxy) is 3. The number of benzene rings is 10. The zero-order chi connectivity index (χ0) is 76.2. The Morgan fingerprint density at radius 3 is 1.41 bits per heavy atom. The SMILES string of the molecule is C=C(Nc1cccc(-c2cc(Cc3cnc(N)nc3N)cc(OC)c2OC)c1)c1ccc(C)cc1.CC.COc1ccc(C(=O)c2ccccc2-c2ccccc2)cc1.Cc1ccc(C(=O)Nc2cccc(-c3ccccc3)c2)cc1.Cc1cccc(NC(=O)c2ccc(C(=O)Nc3cccc(C)n3)cc2)n1. The molecule has 13 rings (SSSR count). The van der Waals surface area contributed by atoms with Gasteiger partial charge in [0.15, 0.2) is 17.3 Å². The zero-order valence-corrected chi connectivity index (χ0v) is 61.4. The molecule has 3 heterocycles. The first-order valence-electron chi connectivity index (χ1n) is 34.6. The Bertz CT molecular complexity index is 5080. The molecule has 17 nitrogen and oxygen atoms in total. The molecule has 0 atom stereocenters. The molecule has 17 heteroatoms. The van der Waals surface area contributed by atoms with Crippen molar-refractivity contribution in [3.05, 3.63) is 359 Å². The van der Waals surface area contributed by atoms with Crippen LogP contribution in [0.1, 0.15) is 100 Å². The third-order valence-electron chi connectivity index (χ3n) is 16.5. The summed E-state index contributed by atoms with van der Waals surface area (Å²) in [5, 5.41) is 11.8. The summed E-state index contributed by atoms with van der Waals surface area (Å²) in [5.41, 5.74) is 30.0. The van der Waals surface area contributed by atoms with Crippen LogP contribution in [-0.2, 0) is 6.42 Å². The molecule has 3 aromatic heterocycles. The summed E-state index contributed by atoms with van der Waals surface area (Å²) < 4.78 is 16.5. The van der Waals surface area contributed by atoms with Crippen LogP contribution in [0.4, 0.5) is 34.8 Å². The number of pyridine rings is 2. The van der Waals surface area contributed by atoms with Crippen molar-refractivity contribution in [2.45, 2.75) is 48.0 Å². The van der Waals surface area contributed by atoms with Crippen molar-refractivity contribution in [2.75, 3.05) is 54.1 Å². The van der Waals surface area contributed by atoms with E-state index in [4.69, 9.17) is 25.7 Å². The number of aryl methyl sites for hydroxylation is 4. The number of hydrogen-bond acceptors (Lipinski definition) is 14. The Kier molecular flexibility index (Phi) is 27.8. The fourth-order valence-corrected chi connectivity index (χ4v) is 11.0. The number of aromatic nitrogens is 4. The number of carbonyl (C=O) groups is 4. The molecular weight excluding hydrogens is 1330 g/mol. The Balaban J connectivity index is 0.000000166. The van der Waals surface area contributed by atoms with E-state index in [0.717, 1.165) is 89.8 Å². The number of hydrogen-bond donors (Lipinski definition) is 6. The Morgan fingerprint density at radius 1 is 0.411 bits per heavy atom. The maximum Gasteiger partial charge on any atom is 0.256 e.